The Labute approximate surface area is 195 Å². The first-order chi connectivity index (χ1) is 15.5. The van der Waals surface area contributed by atoms with E-state index in [1.807, 2.05) is 6.07 Å². The average molecular weight is 496 g/mol. The van der Waals surface area contributed by atoms with Gasteiger partial charge in [-0.3, -0.25) is 14.3 Å². The third-order valence-electron chi connectivity index (χ3n) is 4.50. The number of aliphatic hydroxyl groups excluding tert-OH is 2. The Balaban J connectivity index is 2.25. The van der Waals surface area contributed by atoms with Crippen LogP contribution in [0.2, 0.25) is 0 Å². The molecule has 1 heterocycles. The molecular formula is C20H25N5O6S2. The van der Waals surface area contributed by atoms with Crippen LogP contribution in [0.3, 0.4) is 0 Å². The molecule has 2 amide bonds. The van der Waals surface area contributed by atoms with Gasteiger partial charge in [-0.2, -0.15) is 5.26 Å². The normalized spacial score (nSPS) is 14.9. The van der Waals surface area contributed by atoms with Gasteiger partial charge >= 0.3 is 0 Å². The molecule has 0 aliphatic rings. The first-order valence-corrected chi connectivity index (χ1v) is 12.6. The van der Waals surface area contributed by atoms with Gasteiger partial charge in [0, 0.05) is 12.3 Å². The lowest BCUT2D eigenvalue weighted by molar-refractivity contribution is -0.121. The van der Waals surface area contributed by atoms with Crippen LogP contribution in [0.15, 0.2) is 35.7 Å². The minimum atomic E-state index is -3.57. The van der Waals surface area contributed by atoms with E-state index in [4.69, 9.17) is 5.26 Å². The van der Waals surface area contributed by atoms with Crippen LogP contribution < -0.4 is 15.4 Å². The minimum absolute atomic E-state index is 0.00239. The molecule has 0 bridgehead atoms. The number of amides is 2. The highest BCUT2D eigenvalue weighted by atomic mass is 32.2. The standard InChI is InChI=1S/C20H25N5O6S2/c1-12(26)22-14(8-9-21)17(27)18(28)15(10-13-6-4-3-5-7-13)23-19(29)16-11-32-20(24-16)25-33(2,30)31/h3-7,11,14-15,17-18,27-28H,8,10H2,1-2H3,(H,22,26)(H,23,29)(H,24,25)/t14-,15+,17-,18-/m1/s1. The summed E-state index contributed by atoms with van der Waals surface area (Å²) in [4.78, 5) is 28.1. The Morgan fingerprint density at radius 2 is 1.79 bits per heavy atom. The lowest BCUT2D eigenvalue weighted by Crippen LogP contribution is -2.56. The van der Waals surface area contributed by atoms with Crippen molar-refractivity contribution >= 4 is 38.3 Å². The largest absolute Gasteiger partial charge is 0.388 e. The second-order valence-electron chi connectivity index (χ2n) is 7.33. The van der Waals surface area contributed by atoms with Crippen molar-refractivity contribution in [3.8, 4) is 6.07 Å². The molecule has 0 saturated heterocycles. The molecule has 0 radical (unpaired) electrons. The van der Waals surface area contributed by atoms with Crippen molar-refractivity contribution in [1.29, 1.82) is 5.26 Å². The number of rotatable bonds is 11. The maximum Gasteiger partial charge on any atom is 0.271 e. The van der Waals surface area contributed by atoms with Gasteiger partial charge in [-0.05, 0) is 12.0 Å². The molecule has 178 valence electrons. The number of thiazole rings is 1. The molecule has 0 fully saturated rings. The quantitative estimate of drug-likeness (QED) is 0.288. The number of nitriles is 1. The van der Waals surface area contributed by atoms with Gasteiger partial charge in [0.05, 0.1) is 30.8 Å². The van der Waals surface area contributed by atoms with Crippen molar-refractivity contribution in [3.63, 3.8) is 0 Å². The third kappa shape index (κ3) is 8.43. The van der Waals surface area contributed by atoms with Gasteiger partial charge < -0.3 is 20.8 Å². The first-order valence-electron chi connectivity index (χ1n) is 9.78. The fraction of sp³-hybridized carbons (Fsp3) is 0.400. The van der Waals surface area contributed by atoms with E-state index in [9.17, 15) is 28.2 Å². The number of carbonyl (C=O) groups is 2. The number of carbonyl (C=O) groups excluding carboxylic acids is 2. The van der Waals surface area contributed by atoms with Crippen LogP contribution in [0.5, 0.6) is 0 Å². The van der Waals surface area contributed by atoms with E-state index in [0.29, 0.717) is 0 Å². The smallest absolute Gasteiger partial charge is 0.271 e. The summed E-state index contributed by atoms with van der Waals surface area (Å²) in [7, 11) is -3.57. The summed E-state index contributed by atoms with van der Waals surface area (Å²) >= 11 is 0.911. The van der Waals surface area contributed by atoms with Crippen molar-refractivity contribution in [2.24, 2.45) is 0 Å². The maximum absolute atomic E-state index is 12.8. The van der Waals surface area contributed by atoms with Gasteiger partial charge in [0.15, 0.2) is 5.13 Å². The topological polar surface area (TPSA) is 182 Å². The fourth-order valence-corrected chi connectivity index (χ4v) is 4.59. The van der Waals surface area contributed by atoms with E-state index in [-0.39, 0.29) is 23.7 Å². The van der Waals surface area contributed by atoms with Gasteiger partial charge in [-0.1, -0.05) is 30.3 Å². The summed E-state index contributed by atoms with van der Waals surface area (Å²) in [6, 6.07) is 8.67. The van der Waals surface area contributed by atoms with Crippen LogP contribution in [-0.4, -0.2) is 66.0 Å². The van der Waals surface area contributed by atoms with Crippen molar-refractivity contribution in [2.45, 2.75) is 44.1 Å². The summed E-state index contributed by atoms with van der Waals surface area (Å²) in [5, 5.41) is 36.9. The molecule has 2 rings (SSSR count). The molecule has 13 heteroatoms. The number of hydrogen-bond donors (Lipinski definition) is 5. The summed E-state index contributed by atoms with van der Waals surface area (Å²) in [6.07, 6.45) is -2.28. The Morgan fingerprint density at radius 3 is 2.36 bits per heavy atom. The number of anilines is 1. The van der Waals surface area contributed by atoms with E-state index in [1.54, 1.807) is 30.3 Å². The average Bonchev–Trinajstić information content (AvgIpc) is 3.19. The number of benzene rings is 1. The highest BCUT2D eigenvalue weighted by molar-refractivity contribution is 7.92. The molecule has 4 atom stereocenters. The van der Waals surface area contributed by atoms with Crippen molar-refractivity contribution < 1.29 is 28.2 Å². The number of hydrogen-bond acceptors (Lipinski definition) is 9. The molecule has 11 nitrogen and oxygen atoms in total. The summed E-state index contributed by atoms with van der Waals surface area (Å²) in [5.41, 5.74) is 0.671. The van der Waals surface area contributed by atoms with E-state index in [0.717, 1.165) is 23.2 Å². The second kappa shape index (κ2) is 11.7. The van der Waals surface area contributed by atoms with E-state index >= 15 is 0 Å². The van der Waals surface area contributed by atoms with Gasteiger partial charge in [0.2, 0.25) is 15.9 Å². The lowest BCUT2D eigenvalue weighted by atomic mass is 9.93. The molecule has 0 unspecified atom stereocenters. The predicted molar refractivity (Wildman–Crippen MR) is 122 cm³/mol. The summed E-state index contributed by atoms with van der Waals surface area (Å²) in [6.45, 7) is 1.22. The zero-order valence-corrected chi connectivity index (χ0v) is 19.6. The Kier molecular flexibility index (Phi) is 9.30. The van der Waals surface area contributed by atoms with Crippen LogP contribution in [0.25, 0.3) is 0 Å². The molecular weight excluding hydrogens is 470 g/mol. The van der Waals surface area contributed by atoms with Crippen molar-refractivity contribution in [3.05, 3.63) is 47.0 Å². The number of nitrogens with zero attached hydrogens (tertiary/aromatic N) is 2. The Bertz CT molecular complexity index is 1100. The lowest BCUT2D eigenvalue weighted by Gasteiger charge is -2.31. The highest BCUT2D eigenvalue weighted by Gasteiger charge is 2.34. The molecule has 0 aliphatic carbocycles. The molecule has 33 heavy (non-hydrogen) atoms. The van der Waals surface area contributed by atoms with Crippen LogP contribution >= 0.6 is 11.3 Å². The molecule has 1 aromatic carbocycles. The number of nitrogens with one attached hydrogen (secondary N) is 3. The monoisotopic (exact) mass is 495 g/mol. The highest BCUT2D eigenvalue weighted by Crippen LogP contribution is 2.18. The van der Waals surface area contributed by atoms with Gasteiger partial charge in [0.25, 0.3) is 5.91 Å². The number of sulfonamides is 1. The first kappa shape index (κ1) is 26.2. The number of aromatic nitrogens is 1. The van der Waals surface area contributed by atoms with Crippen LogP contribution in [-0.2, 0) is 21.2 Å². The zero-order valence-electron chi connectivity index (χ0n) is 17.9. The van der Waals surface area contributed by atoms with Crippen LogP contribution in [0.4, 0.5) is 5.13 Å². The van der Waals surface area contributed by atoms with Gasteiger partial charge in [-0.15, -0.1) is 11.3 Å². The molecule has 0 spiro atoms. The minimum Gasteiger partial charge on any atom is -0.388 e. The molecule has 1 aromatic heterocycles. The zero-order chi connectivity index (χ0) is 24.6. The molecule has 2 aromatic rings. The molecule has 0 saturated carbocycles. The summed E-state index contributed by atoms with van der Waals surface area (Å²) < 4.78 is 24.9. The van der Waals surface area contributed by atoms with E-state index in [1.165, 1.54) is 12.3 Å². The number of aliphatic hydroxyl groups is 2. The second-order valence-corrected chi connectivity index (χ2v) is 9.94. The third-order valence-corrected chi connectivity index (χ3v) is 5.95. The van der Waals surface area contributed by atoms with Crippen LogP contribution in [0, 0.1) is 11.3 Å². The predicted octanol–water partition coefficient (Wildman–Crippen LogP) is -0.00412. The molecule has 0 aliphatic heterocycles. The SMILES string of the molecule is CC(=O)N[C@H](CC#N)[C@@H](O)[C@H](O)[C@H](Cc1ccccc1)NC(=O)c1csc(NS(C)(=O)=O)n1. The molecule has 5 N–H and O–H groups in total. The van der Waals surface area contributed by atoms with Gasteiger partial charge in [0.1, 0.15) is 17.9 Å². The summed E-state index contributed by atoms with van der Waals surface area (Å²) in [5.74, 6) is -1.19. The maximum atomic E-state index is 12.8. The van der Waals surface area contributed by atoms with E-state index in [2.05, 4.69) is 20.3 Å². The van der Waals surface area contributed by atoms with Gasteiger partial charge in [-0.25, -0.2) is 13.4 Å². The fourth-order valence-electron chi connectivity index (χ4n) is 3.04. The van der Waals surface area contributed by atoms with Crippen molar-refractivity contribution in [2.75, 3.05) is 11.0 Å². The Hall–Kier alpha value is -3.05. The Morgan fingerprint density at radius 1 is 1.15 bits per heavy atom. The van der Waals surface area contributed by atoms with E-state index < -0.39 is 46.1 Å². The van der Waals surface area contributed by atoms with Crippen molar-refractivity contribution in [1.82, 2.24) is 15.6 Å². The van der Waals surface area contributed by atoms with Crippen LogP contribution in [0.1, 0.15) is 29.4 Å².